The monoisotopic (exact) mass is 780 g/mol. The number of carbonyl (C=O) groups excluding carboxylic acids is 2. The van der Waals surface area contributed by atoms with Crippen molar-refractivity contribution in [3.05, 3.63) is 114 Å². The minimum atomic E-state index is -1.38. The van der Waals surface area contributed by atoms with Gasteiger partial charge >= 0.3 is 6.09 Å². The molecule has 0 saturated heterocycles. The third-order valence-corrected chi connectivity index (χ3v) is 11.4. The second-order valence-electron chi connectivity index (χ2n) is 15.0. The fraction of sp³-hybridized carbons (Fsp3) is 0.457. The zero-order valence-electron chi connectivity index (χ0n) is 33.1. The molecule has 304 valence electrons. The van der Waals surface area contributed by atoms with Gasteiger partial charge in [-0.15, -0.1) is 6.58 Å². The van der Waals surface area contributed by atoms with E-state index in [0.29, 0.717) is 54.3 Å². The average Bonchev–Trinajstić information content (AvgIpc) is 3.24. The highest BCUT2D eigenvalue weighted by atomic mass is 16.7. The van der Waals surface area contributed by atoms with E-state index < -0.39 is 23.8 Å². The molecular weight excluding hydrogens is 725 g/mol. The molecule has 57 heavy (non-hydrogen) atoms. The molecule has 1 amide bonds. The molecule has 11 nitrogen and oxygen atoms in total. The van der Waals surface area contributed by atoms with Crippen LogP contribution >= 0.6 is 0 Å². The molecule has 11 heteroatoms. The van der Waals surface area contributed by atoms with Crippen LogP contribution in [0.15, 0.2) is 102 Å². The molecule has 0 radical (unpaired) electrons. The van der Waals surface area contributed by atoms with E-state index in [4.69, 9.17) is 28.9 Å². The summed E-state index contributed by atoms with van der Waals surface area (Å²) in [4.78, 5) is 33.2. The molecule has 0 aromatic heterocycles. The number of carbonyl (C=O) groups is 2. The summed E-state index contributed by atoms with van der Waals surface area (Å²) in [5, 5.41) is 24.6. The highest BCUT2D eigenvalue weighted by Gasteiger charge is 2.65. The van der Waals surface area contributed by atoms with Crippen LogP contribution in [0.1, 0.15) is 85.7 Å². The second kappa shape index (κ2) is 19.9. The Morgan fingerprint density at radius 1 is 1.00 bits per heavy atom. The van der Waals surface area contributed by atoms with Gasteiger partial charge in [0.15, 0.2) is 0 Å². The molecule has 1 saturated carbocycles. The lowest BCUT2D eigenvalue weighted by atomic mass is 9.55. The number of hydrogen-bond acceptors (Lipinski definition) is 10. The van der Waals surface area contributed by atoms with Crippen molar-refractivity contribution in [1.82, 2.24) is 4.90 Å². The molecular formula is C46H56N2O9. The van der Waals surface area contributed by atoms with E-state index in [0.717, 1.165) is 48.7 Å². The Labute approximate surface area is 335 Å². The Balaban J connectivity index is 1.57. The second-order valence-corrected chi connectivity index (χ2v) is 15.0. The van der Waals surface area contributed by atoms with Crippen LogP contribution in [0.2, 0.25) is 0 Å². The van der Waals surface area contributed by atoms with Crippen LogP contribution in [0.4, 0.5) is 4.79 Å². The smallest absolute Gasteiger partial charge is 0.409 e. The number of ether oxygens (including phenoxy) is 4. The fourth-order valence-electron chi connectivity index (χ4n) is 8.99. The molecule has 2 N–H and O–H groups in total. The van der Waals surface area contributed by atoms with Gasteiger partial charge in [0.2, 0.25) is 5.79 Å². The van der Waals surface area contributed by atoms with Gasteiger partial charge in [0.1, 0.15) is 36.2 Å². The number of nitrogens with zero attached hydrogens (tertiary/aromatic N) is 2. The predicted octanol–water partition coefficient (Wildman–Crippen LogP) is 8.60. The number of amides is 1. The van der Waals surface area contributed by atoms with Gasteiger partial charge < -0.3 is 34.0 Å². The number of oxime groups is 1. The molecule has 0 spiro atoms. The largest absolute Gasteiger partial charge is 0.459 e. The topological polar surface area (TPSA) is 136 Å². The Kier molecular flexibility index (Phi) is 14.6. The lowest BCUT2D eigenvalue weighted by Gasteiger charge is -2.59. The number of unbranched alkanes of at least 4 members (excludes halogenated alkanes) is 2. The van der Waals surface area contributed by atoms with E-state index in [1.165, 1.54) is 7.11 Å². The molecule has 6 unspecified atom stereocenters. The lowest BCUT2D eigenvalue weighted by Crippen LogP contribution is -2.70. The number of hydrogen-bond donors (Lipinski definition) is 2. The Bertz CT molecular complexity index is 1880. The first kappa shape index (κ1) is 41.7. The Hall–Kier alpha value is -4.97. The van der Waals surface area contributed by atoms with Crippen LogP contribution in [-0.2, 0) is 20.9 Å². The van der Waals surface area contributed by atoms with Gasteiger partial charge in [0.05, 0.1) is 25.3 Å². The van der Waals surface area contributed by atoms with Crippen LogP contribution in [-0.4, -0.2) is 78.5 Å². The summed E-state index contributed by atoms with van der Waals surface area (Å²) in [5.74, 6) is -0.215. The maximum Gasteiger partial charge on any atom is 0.409 e. The summed E-state index contributed by atoms with van der Waals surface area (Å²) in [6.07, 6.45) is 9.82. The van der Waals surface area contributed by atoms with Crippen LogP contribution in [0.25, 0.3) is 0 Å². The van der Waals surface area contributed by atoms with Crippen LogP contribution in [0, 0.1) is 17.8 Å². The molecule has 6 rings (SSSR count). The molecule has 6 atom stereocenters. The van der Waals surface area contributed by atoms with Gasteiger partial charge in [-0.25, -0.2) is 4.79 Å². The van der Waals surface area contributed by atoms with Gasteiger partial charge in [-0.05, 0) is 85.4 Å². The molecule has 1 fully saturated rings. The van der Waals surface area contributed by atoms with E-state index in [-0.39, 0.29) is 50.6 Å². The van der Waals surface area contributed by atoms with Crippen molar-refractivity contribution < 1.29 is 43.6 Å². The first-order valence-electron chi connectivity index (χ1n) is 20.2. The van der Waals surface area contributed by atoms with Crippen molar-refractivity contribution >= 4 is 18.1 Å². The normalized spacial score (nSPS) is 24.0. The summed E-state index contributed by atoms with van der Waals surface area (Å²) in [6, 6.07) is 22.0. The quantitative estimate of drug-likeness (QED) is 0.0500. The van der Waals surface area contributed by atoms with Crippen molar-refractivity contribution in [3.63, 3.8) is 0 Å². The number of fused-ring (bicyclic) bond motifs is 2. The SMILES string of the molecule is C=CCOC12Oc3ccc(Oc4cccc(C=O)c4)cc3C3C(CCCCO)C(CCCCO)C=C(C(=NOCc4ccccc4)CC1N(CCC)C(=O)OC)C32. The van der Waals surface area contributed by atoms with Gasteiger partial charge in [-0.2, -0.15) is 0 Å². The maximum atomic E-state index is 13.8. The van der Waals surface area contributed by atoms with Crippen LogP contribution < -0.4 is 9.47 Å². The van der Waals surface area contributed by atoms with E-state index in [1.54, 1.807) is 29.2 Å². The zero-order chi connectivity index (χ0) is 40.2. The summed E-state index contributed by atoms with van der Waals surface area (Å²) in [6.45, 7) is 7.01. The molecule has 3 aromatic rings. The van der Waals surface area contributed by atoms with Crippen molar-refractivity contribution in [2.24, 2.45) is 22.9 Å². The Morgan fingerprint density at radius 3 is 2.49 bits per heavy atom. The van der Waals surface area contributed by atoms with Gasteiger partial charge in [0.25, 0.3) is 0 Å². The molecule has 2 aliphatic carbocycles. The van der Waals surface area contributed by atoms with E-state index >= 15 is 0 Å². The summed E-state index contributed by atoms with van der Waals surface area (Å²) in [5.41, 5.74) is 4.06. The number of benzene rings is 3. The highest BCUT2D eigenvalue weighted by molar-refractivity contribution is 6.03. The number of rotatable bonds is 20. The van der Waals surface area contributed by atoms with Crippen LogP contribution in [0.3, 0.4) is 0 Å². The zero-order valence-corrected chi connectivity index (χ0v) is 33.1. The molecule has 0 bridgehead atoms. The van der Waals surface area contributed by atoms with Gasteiger partial charge in [-0.1, -0.05) is 79.5 Å². The summed E-state index contributed by atoms with van der Waals surface area (Å²) < 4.78 is 26.0. The first-order chi connectivity index (χ1) is 27.9. The number of aliphatic hydroxyl groups excluding tert-OH is 2. The van der Waals surface area contributed by atoms with Crippen molar-refractivity contribution in [3.8, 4) is 17.2 Å². The third kappa shape index (κ3) is 9.27. The molecule has 1 heterocycles. The molecule has 3 aromatic carbocycles. The highest BCUT2D eigenvalue weighted by Crippen LogP contribution is 2.62. The maximum absolute atomic E-state index is 13.8. The predicted molar refractivity (Wildman–Crippen MR) is 217 cm³/mol. The summed E-state index contributed by atoms with van der Waals surface area (Å²) >= 11 is 0. The number of aldehydes is 1. The van der Waals surface area contributed by atoms with Crippen molar-refractivity contribution in [2.75, 3.05) is 33.5 Å². The lowest BCUT2D eigenvalue weighted by molar-refractivity contribution is -0.255. The number of aliphatic hydroxyl groups is 2. The fourth-order valence-corrected chi connectivity index (χ4v) is 8.99. The third-order valence-electron chi connectivity index (χ3n) is 11.4. The standard InChI is InChI=1S/C46H56N2O9/c1-4-22-48(45(52)53-3)42-29-40(47-55-31-32-14-7-6-8-15-32)38-27-34(17-9-11-23-49)37(19-10-12-24-50)43-39-28-36(56-35-18-13-16-33(26-35)30-51)20-21-41(39)57-46(42,44(38)43)54-25-5-2/h5-8,13-16,18,20-21,26-28,30,34,37,42-44,49-50H,2,4,9-12,17,19,22-25,29,31H2,1,3H3. The Morgan fingerprint density at radius 2 is 1.77 bits per heavy atom. The number of methoxy groups -OCH3 is 1. The van der Waals surface area contributed by atoms with Crippen molar-refractivity contribution in [2.45, 2.75) is 82.6 Å². The van der Waals surface area contributed by atoms with Crippen LogP contribution in [0.5, 0.6) is 17.2 Å². The van der Waals surface area contributed by atoms with E-state index in [1.807, 2.05) is 61.5 Å². The minimum absolute atomic E-state index is 0.0509. The van der Waals surface area contributed by atoms with E-state index in [2.05, 4.69) is 12.7 Å². The first-order valence-corrected chi connectivity index (χ1v) is 20.2. The molecule has 1 aliphatic heterocycles. The van der Waals surface area contributed by atoms with Gasteiger partial charge in [0, 0.05) is 43.2 Å². The van der Waals surface area contributed by atoms with E-state index in [9.17, 15) is 19.8 Å². The number of allylic oxidation sites excluding steroid dienone is 1. The summed E-state index contributed by atoms with van der Waals surface area (Å²) in [7, 11) is 1.38. The minimum Gasteiger partial charge on any atom is -0.459 e. The molecule has 3 aliphatic rings. The van der Waals surface area contributed by atoms with Gasteiger partial charge in [-0.3, -0.25) is 9.69 Å². The van der Waals surface area contributed by atoms with Crippen molar-refractivity contribution in [1.29, 1.82) is 0 Å². The average molecular weight is 781 g/mol.